The molecule has 2 aromatic rings. The number of benzene rings is 2. The van der Waals surface area contributed by atoms with Crippen LogP contribution in [0.15, 0.2) is 36.4 Å². The molecule has 1 heterocycles. The van der Waals surface area contributed by atoms with Crippen LogP contribution in [0.25, 0.3) is 0 Å². The minimum absolute atomic E-state index is 0.122. The monoisotopic (exact) mass is 366 g/mol. The van der Waals surface area contributed by atoms with Crippen LogP contribution in [0.4, 0.5) is 11.4 Å². The number of anilines is 2. The van der Waals surface area contributed by atoms with Crippen molar-refractivity contribution in [3.63, 3.8) is 0 Å². The summed E-state index contributed by atoms with van der Waals surface area (Å²) in [6.07, 6.45) is 0. The fourth-order valence-electron chi connectivity index (χ4n) is 3.04. The lowest BCUT2D eigenvalue weighted by atomic mass is 10.1. The van der Waals surface area contributed by atoms with Gasteiger partial charge in [0.1, 0.15) is 11.8 Å². The molecular formula is C21H22N2O4. The van der Waals surface area contributed by atoms with E-state index in [1.54, 1.807) is 25.1 Å². The first kappa shape index (κ1) is 18.6. The van der Waals surface area contributed by atoms with Crippen LogP contribution in [0.5, 0.6) is 5.75 Å². The zero-order valence-corrected chi connectivity index (χ0v) is 15.8. The van der Waals surface area contributed by atoms with Gasteiger partial charge < -0.3 is 10.1 Å². The fourth-order valence-corrected chi connectivity index (χ4v) is 3.04. The zero-order valence-electron chi connectivity index (χ0n) is 15.8. The summed E-state index contributed by atoms with van der Waals surface area (Å²) in [4.78, 5) is 38.4. The summed E-state index contributed by atoms with van der Waals surface area (Å²) in [6, 6.07) is 9.93. The van der Waals surface area contributed by atoms with Crippen molar-refractivity contribution in [1.82, 2.24) is 0 Å². The summed E-state index contributed by atoms with van der Waals surface area (Å²) >= 11 is 0. The van der Waals surface area contributed by atoms with Gasteiger partial charge in [-0.2, -0.15) is 0 Å². The number of amides is 2. The van der Waals surface area contributed by atoms with E-state index >= 15 is 0 Å². The molecule has 140 valence electrons. The van der Waals surface area contributed by atoms with Gasteiger partial charge in [0.25, 0.3) is 5.91 Å². The van der Waals surface area contributed by atoms with Gasteiger partial charge in [-0.25, -0.2) is 0 Å². The molecule has 6 nitrogen and oxygen atoms in total. The van der Waals surface area contributed by atoms with E-state index in [0.29, 0.717) is 22.7 Å². The number of hydrogen-bond acceptors (Lipinski definition) is 4. The van der Waals surface area contributed by atoms with Gasteiger partial charge in [0.2, 0.25) is 5.91 Å². The van der Waals surface area contributed by atoms with E-state index in [-0.39, 0.29) is 24.2 Å². The van der Waals surface area contributed by atoms with Crippen molar-refractivity contribution >= 4 is 29.0 Å². The van der Waals surface area contributed by atoms with Gasteiger partial charge in [-0.3, -0.25) is 19.3 Å². The van der Waals surface area contributed by atoms with Crippen molar-refractivity contribution in [3.05, 3.63) is 53.1 Å². The number of Topliss-reactive ketones (excluding diaryl/α,β-unsaturated/α-hetero) is 1. The Bertz CT molecular complexity index is 936. The van der Waals surface area contributed by atoms with Crippen LogP contribution in [0, 0.1) is 13.8 Å². The van der Waals surface area contributed by atoms with E-state index in [4.69, 9.17) is 4.74 Å². The Kier molecular flexibility index (Phi) is 4.99. The summed E-state index contributed by atoms with van der Waals surface area (Å²) in [5, 5.41) is 2.90. The summed E-state index contributed by atoms with van der Waals surface area (Å²) in [5.41, 5.74) is 3.57. The van der Waals surface area contributed by atoms with Gasteiger partial charge in [-0.15, -0.1) is 0 Å². The molecule has 1 unspecified atom stereocenters. The second-order valence-electron chi connectivity index (χ2n) is 6.77. The standard InChI is InChI=1S/C21H22N2O4/c1-12-5-6-13(2)17(9-12)22-21(26)14(3)23-18-10-16(15(4)24)7-8-19(18)27-11-20(23)25/h5-10,14H,11H2,1-4H3,(H,22,26). The number of carbonyl (C=O) groups is 3. The van der Waals surface area contributed by atoms with E-state index in [9.17, 15) is 14.4 Å². The maximum absolute atomic E-state index is 12.8. The third-order valence-corrected chi connectivity index (χ3v) is 4.66. The number of hydrogen-bond donors (Lipinski definition) is 1. The van der Waals surface area contributed by atoms with Gasteiger partial charge in [0.05, 0.1) is 5.69 Å². The minimum Gasteiger partial charge on any atom is -0.482 e. The largest absolute Gasteiger partial charge is 0.482 e. The van der Waals surface area contributed by atoms with E-state index in [1.807, 2.05) is 32.0 Å². The average Bonchev–Trinajstić information content (AvgIpc) is 2.63. The summed E-state index contributed by atoms with van der Waals surface area (Å²) in [5.74, 6) is -0.279. The van der Waals surface area contributed by atoms with Crippen LogP contribution in [-0.4, -0.2) is 30.2 Å². The molecule has 1 atom stereocenters. The van der Waals surface area contributed by atoms with Crippen LogP contribution in [0.2, 0.25) is 0 Å². The van der Waals surface area contributed by atoms with Crippen molar-refractivity contribution in [2.45, 2.75) is 33.7 Å². The van der Waals surface area contributed by atoms with Crippen LogP contribution in [0.1, 0.15) is 35.3 Å². The molecule has 0 spiro atoms. The first-order valence-corrected chi connectivity index (χ1v) is 8.76. The molecule has 0 radical (unpaired) electrons. The molecule has 2 amide bonds. The quantitative estimate of drug-likeness (QED) is 0.843. The maximum atomic E-state index is 12.8. The molecule has 0 saturated carbocycles. The predicted molar refractivity (Wildman–Crippen MR) is 103 cm³/mol. The Balaban J connectivity index is 1.92. The predicted octanol–water partition coefficient (Wildman–Crippen LogP) is 3.26. The molecule has 0 aromatic heterocycles. The average molecular weight is 366 g/mol. The lowest BCUT2D eigenvalue weighted by molar-refractivity contribution is -0.125. The Labute approximate surface area is 158 Å². The smallest absolute Gasteiger partial charge is 0.265 e. The molecule has 6 heteroatoms. The summed E-state index contributed by atoms with van der Waals surface area (Å²) < 4.78 is 5.45. The molecule has 0 aliphatic carbocycles. The first-order chi connectivity index (χ1) is 12.8. The minimum atomic E-state index is -0.762. The second kappa shape index (κ2) is 7.23. The van der Waals surface area contributed by atoms with Gasteiger partial charge in [0.15, 0.2) is 12.4 Å². The van der Waals surface area contributed by atoms with Gasteiger partial charge >= 0.3 is 0 Å². The third kappa shape index (κ3) is 3.69. The first-order valence-electron chi connectivity index (χ1n) is 8.76. The molecule has 0 bridgehead atoms. The molecule has 2 aromatic carbocycles. The highest BCUT2D eigenvalue weighted by molar-refractivity contribution is 6.08. The Hall–Kier alpha value is -3.15. The van der Waals surface area contributed by atoms with Gasteiger partial charge in [-0.1, -0.05) is 12.1 Å². The molecule has 0 fully saturated rings. The Morgan fingerprint density at radius 3 is 2.59 bits per heavy atom. The van der Waals surface area contributed by atoms with E-state index in [2.05, 4.69) is 5.32 Å². The van der Waals surface area contributed by atoms with Crippen LogP contribution in [-0.2, 0) is 9.59 Å². The number of ether oxygens (including phenoxy) is 1. The number of nitrogens with zero attached hydrogens (tertiary/aromatic N) is 1. The molecule has 27 heavy (non-hydrogen) atoms. The lowest BCUT2D eigenvalue weighted by Crippen LogP contribution is -2.49. The zero-order chi connectivity index (χ0) is 19.7. The fraction of sp³-hybridized carbons (Fsp3) is 0.286. The van der Waals surface area contributed by atoms with E-state index in [0.717, 1.165) is 11.1 Å². The SMILES string of the molecule is CC(=O)c1ccc2c(c1)N(C(C)C(=O)Nc1cc(C)ccc1C)C(=O)CO2. The topological polar surface area (TPSA) is 75.7 Å². The van der Waals surface area contributed by atoms with E-state index < -0.39 is 6.04 Å². The van der Waals surface area contributed by atoms with Crippen molar-refractivity contribution in [2.75, 3.05) is 16.8 Å². The molecule has 1 aliphatic heterocycles. The summed E-state index contributed by atoms with van der Waals surface area (Å²) in [6.45, 7) is 6.83. The highest BCUT2D eigenvalue weighted by Crippen LogP contribution is 2.34. The van der Waals surface area contributed by atoms with Crippen LogP contribution >= 0.6 is 0 Å². The molecule has 1 aliphatic rings. The number of ketones is 1. The lowest BCUT2D eigenvalue weighted by Gasteiger charge is -2.33. The Morgan fingerprint density at radius 2 is 1.89 bits per heavy atom. The van der Waals surface area contributed by atoms with Crippen molar-refractivity contribution in [1.29, 1.82) is 0 Å². The number of aryl methyl sites for hydroxylation is 2. The maximum Gasteiger partial charge on any atom is 0.265 e. The molecule has 1 N–H and O–H groups in total. The van der Waals surface area contributed by atoms with Crippen LogP contribution in [0.3, 0.4) is 0 Å². The van der Waals surface area contributed by atoms with Crippen molar-refractivity contribution < 1.29 is 19.1 Å². The van der Waals surface area contributed by atoms with Crippen molar-refractivity contribution in [2.24, 2.45) is 0 Å². The number of rotatable bonds is 4. The van der Waals surface area contributed by atoms with E-state index in [1.165, 1.54) is 11.8 Å². The van der Waals surface area contributed by atoms with Gasteiger partial charge in [-0.05, 0) is 63.1 Å². The second-order valence-corrected chi connectivity index (χ2v) is 6.77. The van der Waals surface area contributed by atoms with Gasteiger partial charge in [0, 0.05) is 11.3 Å². The normalized spacial score (nSPS) is 14.2. The molecule has 0 saturated heterocycles. The highest BCUT2D eigenvalue weighted by atomic mass is 16.5. The number of fused-ring (bicyclic) bond motifs is 1. The van der Waals surface area contributed by atoms with Crippen molar-refractivity contribution in [3.8, 4) is 5.75 Å². The van der Waals surface area contributed by atoms with Crippen LogP contribution < -0.4 is 15.0 Å². The number of nitrogens with one attached hydrogen (secondary N) is 1. The Morgan fingerprint density at radius 1 is 1.15 bits per heavy atom. The number of carbonyl (C=O) groups excluding carboxylic acids is 3. The molecular weight excluding hydrogens is 344 g/mol. The third-order valence-electron chi connectivity index (χ3n) is 4.66. The highest BCUT2D eigenvalue weighted by Gasteiger charge is 2.33. The summed E-state index contributed by atoms with van der Waals surface area (Å²) in [7, 11) is 0. The molecule has 3 rings (SSSR count).